The molecule has 0 aliphatic rings. The van der Waals surface area contributed by atoms with Crippen LogP contribution in [0, 0.1) is 0 Å². The van der Waals surface area contributed by atoms with Gasteiger partial charge in [0.15, 0.2) is 0 Å². The molecule has 0 amide bonds. The first-order valence-electron chi connectivity index (χ1n) is 4.60. The summed E-state index contributed by atoms with van der Waals surface area (Å²) in [6, 6.07) is 8.24. The molecule has 0 atom stereocenters. The van der Waals surface area contributed by atoms with Gasteiger partial charge in [-0.1, -0.05) is 36.4 Å². The first kappa shape index (κ1) is 9.72. The molecule has 13 heavy (non-hydrogen) atoms. The normalized spacial score (nSPS) is 11.5. The van der Waals surface area contributed by atoms with E-state index in [1.54, 1.807) is 0 Å². The second-order valence-electron chi connectivity index (χ2n) is 2.76. The zero-order valence-corrected chi connectivity index (χ0v) is 8.20. The molecule has 0 heterocycles. The van der Waals surface area contributed by atoms with Gasteiger partial charge < -0.3 is 0 Å². The maximum absolute atomic E-state index is 4.23. The largest absolute Gasteiger partial charge is 0.293 e. The average molecular weight is 173 g/mol. The SMILES string of the molecule is C/C=C\c1ccccc1C=NCC. The van der Waals surface area contributed by atoms with E-state index >= 15 is 0 Å². The van der Waals surface area contributed by atoms with Crippen molar-refractivity contribution in [2.45, 2.75) is 13.8 Å². The monoisotopic (exact) mass is 173 g/mol. The summed E-state index contributed by atoms with van der Waals surface area (Å²) < 4.78 is 0. The Kier molecular flexibility index (Phi) is 3.97. The summed E-state index contributed by atoms with van der Waals surface area (Å²) in [5, 5.41) is 0. The van der Waals surface area contributed by atoms with Crippen molar-refractivity contribution in [3.8, 4) is 0 Å². The lowest BCUT2D eigenvalue weighted by atomic mass is 10.1. The molecule has 0 N–H and O–H groups in total. The van der Waals surface area contributed by atoms with Crippen LogP contribution in [-0.4, -0.2) is 12.8 Å². The van der Waals surface area contributed by atoms with Crippen LogP contribution in [0.5, 0.6) is 0 Å². The van der Waals surface area contributed by atoms with Crippen molar-refractivity contribution in [2.24, 2.45) is 4.99 Å². The van der Waals surface area contributed by atoms with Gasteiger partial charge in [0, 0.05) is 12.8 Å². The third-order valence-electron chi connectivity index (χ3n) is 1.76. The molecule has 0 saturated heterocycles. The van der Waals surface area contributed by atoms with Crippen molar-refractivity contribution in [2.75, 3.05) is 6.54 Å². The molecule has 0 aliphatic carbocycles. The van der Waals surface area contributed by atoms with Gasteiger partial charge in [0.05, 0.1) is 0 Å². The second-order valence-corrected chi connectivity index (χ2v) is 2.76. The van der Waals surface area contributed by atoms with Crippen LogP contribution >= 0.6 is 0 Å². The maximum Gasteiger partial charge on any atom is 0.0361 e. The number of rotatable bonds is 3. The van der Waals surface area contributed by atoms with Gasteiger partial charge in [0.25, 0.3) is 0 Å². The Morgan fingerprint density at radius 2 is 1.92 bits per heavy atom. The third-order valence-corrected chi connectivity index (χ3v) is 1.76. The van der Waals surface area contributed by atoms with Crippen molar-refractivity contribution in [3.05, 3.63) is 41.5 Å². The minimum Gasteiger partial charge on any atom is -0.293 e. The zero-order valence-electron chi connectivity index (χ0n) is 8.20. The van der Waals surface area contributed by atoms with Gasteiger partial charge >= 0.3 is 0 Å². The van der Waals surface area contributed by atoms with E-state index in [0.29, 0.717) is 0 Å². The number of allylic oxidation sites excluding steroid dienone is 1. The quantitative estimate of drug-likeness (QED) is 0.622. The van der Waals surface area contributed by atoms with Crippen LogP contribution in [0.15, 0.2) is 35.3 Å². The van der Waals surface area contributed by atoms with Crippen molar-refractivity contribution in [3.63, 3.8) is 0 Å². The van der Waals surface area contributed by atoms with E-state index in [4.69, 9.17) is 0 Å². The summed E-state index contributed by atoms with van der Waals surface area (Å²) in [5.74, 6) is 0. The Bertz CT molecular complexity index is 311. The lowest BCUT2D eigenvalue weighted by molar-refractivity contribution is 1.14. The molecule has 0 aliphatic heterocycles. The van der Waals surface area contributed by atoms with Crippen LogP contribution in [0.3, 0.4) is 0 Å². The fourth-order valence-electron chi connectivity index (χ4n) is 1.15. The van der Waals surface area contributed by atoms with E-state index in [1.165, 1.54) is 11.1 Å². The van der Waals surface area contributed by atoms with Gasteiger partial charge in [-0.3, -0.25) is 4.99 Å². The zero-order chi connectivity index (χ0) is 9.52. The summed E-state index contributed by atoms with van der Waals surface area (Å²) in [5.41, 5.74) is 2.41. The lowest BCUT2D eigenvalue weighted by Crippen LogP contribution is -1.86. The summed E-state index contributed by atoms with van der Waals surface area (Å²) in [6.07, 6.45) is 6.06. The molecule has 1 aromatic rings. The fraction of sp³-hybridized carbons (Fsp3) is 0.250. The van der Waals surface area contributed by atoms with Crippen LogP contribution in [0.4, 0.5) is 0 Å². The molecule has 1 rings (SSSR count). The molecule has 0 fully saturated rings. The Balaban J connectivity index is 2.97. The number of aliphatic imine (C=N–C) groups is 1. The van der Waals surface area contributed by atoms with Gasteiger partial charge in [-0.25, -0.2) is 0 Å². The molecule has 68 valence electrons. The van der Waals surface area contributed by atoms with Crippen molar-refractivity contribution >= 4 is 12.3 Å². The standard InChI is InChI=1S/C12H15N/c1-3-7-11-8-5-6-9-12(11)10-13-4-2/h3,5-10H,4H2,1-2H3/b7-3-,13-10?. The van der Waals surface area contributed by atoms with Gasteiger partial charge in [0.2, 0.25) is 0 Å². The van der Waals surface area contributed by atoms with Gasteiger partial charge in [-0.05, 0) is 25.0 Å². The molecule has 0 radical (unpaired) electrons. The molecule has 1 nitrogen and oxygen atoms in total. The highest BCUT2D eigenvalue weighted by atomic mass is 14.7. The van der Waals surface area contributed by atoms with Crippen LogP contribution in [0.2, 0.25) is 0 Å². The molecule has 1 aromatic carbocycles. The minimum absolute atomic E-state index is 0.837. The average Bonchev–Trinajstić information content (AvgIpc) is 2.17. The van der Waals surface area contributed by atoms with Crippen LogP contribution < -0.4 is 0 Å². The fourth-order valence-corrected chi connectivity index (χ4v) is 1.15. The Morgan fingerprint density at radius 3 is 2.54 bits per heavy atom. The highest BCUT2D eigenvalue weighted by Gasteiger charge is 1.92. The third kappa shape index (κ3) is 2.86. The minimum atomic E-state index is 0.837. The second kappa shape index (κ2) is 5.31. The van der Waals surface area contributed by atoms with E-state index in [9.17, 15) is 0 Å². The van der Waals surface area contributed by atoms with E-state index in [-0.39, 0.29) is 0 Å². The Hall–Kier alpha value is -1.37. The van der Waals surface area contributed by atoms with E-state index < -0.39 is 0 Å². The van der Waals surface area contributed by atoms with Crippen molar-refractivity contribution in [1.82, 2.24) is 0 Å². The van der Waals surface area contributed by atoms with Crippen molar-refractivity contribution < 1.29 is 0 Å². The predicted molar refractivity (Wildman–Crippen MR) is 59.3 cm³/mol. The molecular weight excluding hydrogens is 158 g/mol. The Morgan fingerprint density at radius 1 is 1.23 bits per heavy atom. The predicted octanol–water partition coefficient (Wildman–Crippen LogP) is 3.16. The number of benzene rings is 1. The number of nitrogens with zero attached hydrogens (tertiary/aromatic N) is 1. The molecule has 0 unspecified atom stereocenters. The molecule has 0 aromatic heterocycles. The summed E-state index contributed by atoms with van der Waals surface area (Å²) in [4.78, 5) is 4.23. The van der Waals surface area contributed by atoms with Crippen molar-refractivity contribution in [1.29, 1.82) is 0 Å². The van der Waals surface area contributed by atoms with E-state index in [1.807, 2.05) is 38.3 Å². The van der Waals surface area contributed by atoms with Crippen LogP contribution in [0.1, 0.15) is 25.0 Å². The number of hydrogen-bond donors (Lipinski definition) is 0. The molecule has 0 saturated carbocycles. The van der Waals surface area contributed by atoms with Gasteiger partial charge in [-0.2, -0.15) is 0 Å². The maximum atomic E-state index is 4.23. The molecule has 0 bridgehead atoms. The highest BCUT2D eigenvalue weighted by Crippen LogP contribution is 2.08. The molecular formula is C12H15N. The Labute approximate surface area is 79.8 Å². The first-order chi connectivity index (χ1) is 6.38. The lowest BCUT2D eigenvalue weighted by Gasteiger charge is -1.98. The van der Waals surface area contributed by atoms with Crippen LogP contribution in [0.25, 0.3) is 6.08 Å². The molecule has 0 spiro atoms. The topological polar surface area (TPSA) is 12.4 Å². The summed E-state index contributed by atoms with van der Waals surface area (Å²) in [7, 11) is 0. The van der Waals surface area contributed by atoms with Crippen LogP contribution in [-0.2, 0) is 0 Å². The highest BCUT2D eigenvalue weighted by molar-refractivity contribution is 5.85. The number of hydrogen-bond acceptors (Lipinski definition) is 1. The smallest absolute Gasteiger partial charge is 0.0361 e. The van der Waals surface area contributed by atoms with E-state index in [2.05, 4.69) is 23.2 Å². The van der Waals surface area contributed by atoms with Gasteiger partial charge in [-0.15, -0.1) is 0 Å². The first-order valence-corrected chi connectivity index (χ1v) is 4.60. The summed E-state index contributed by atoms with van der Waals surface area (Å²) in [6.45, 7) is 4.90. The molecule has 1 heteroatoms. The van der Waals surface area contributed by atoms with Gasteiger partial charge in [0.1, 0.15) is 0 Å². The van der Waals surface area contributed by atoms with E-state index in [0.717, 1.165) is 6.54 Å². The summed E-state index contributed by atoms with van der Waals surface area (Å²) >= 11 is 0.